The van der Waals surface area contributed by atoms with Gasteiger partial charge in [-0.2, -0.15) is 0 Å². The van der Waals surface area contributed by atoms with E-state index in [9.17, 15) is 0 Å². The maximum atomic E-state index is 5.52. The summed E-state index contributed by atoms with van der Waals surface area (Å²) in [4.78, 5) is 0. The second-order valence-electron chi connectivity index (χ2n) is 4.52. The molecule has 0 spiro atoms. The molecule has 18 heavy (non-hydrogen) atoms. The van der Waals surface area contributed by atoms with Gasteiger partial charge < -0.3 is 10.1 Å². The maximum Gasteiger partial charge on any atom is 0.148 e. The molecule has 0 aliphatic rings. The molecule has 0 radical (unpaired) electrons. The quantitative estimate of drug-likeness (QED) is 0.709. The summed E-state index contributed by atoms with van der Waals surface area (Å²) in [6, 6.07) is 8.56. The zero-order valence-electron chi connectivity index (χ0n) is 11.4. The highest BCUT2D eigenvalue weighted by molar-refractivity contribution is 5.33. The molecule has 0 amide bonds. The predicted molar refractivity (Wildman–Crippen MR) is 76.6 cm³/mol. The third-order valence-electron chi connectivity index (χ3n) is 2.92. The Morgan fingerprint density at radius 1 is 1.39 bits per heavy atom. The highest BCUT2D eigenvalue weighted by Crippen LogP contribution is 2.17. The van der Waals surface area contributed by atoms with Gasteiger partial charge in [-0.3, -0.25) is 0 Å². The van der Waals surface area contributed by atoms with Gasteiger partial charge in [0, 0.05) is 18.2 Å². The molecule has 0 heterocycles. The molecule has 0 aliphatic carbocycles. The van der Waals surface area contributed by atoms with Crippen LogP contribution in [0.3, 0.4) is 0 Å². The van der Waals surface area contributed by atoms with Crippen LogP contribution in [0.1, 0.15) is 38.7 Å². The Kier molecular flexibility index (Phi) is 6.98. The van der Waals surface area contributed by atoms with Crippen LogP contribution in [-0.4, -0.2) is 12.6 Å². The number of unbranched alkanes of at least 4 members (excludes halogenated alkanes) is 1. The largest absolute Gasteiger partial charge is 0.481 e. The number of nitrogens with one attached hydrogen (secondary N) is 1. The number of ether oxygens (including phenoxy) is 1. The summed E-state index contributed by atoms with van der Waals surface area (Å²) in [7, 11) is 0. The third kappa shape index (κ3) is 5.25. The highest BCUT2D eigenvalue weighted by atomic mass is 16.5. The Labute approximate surface area is 111 Å². The summed E-state index contributed by atoms with van der Waals surface area (Å²) >= 11 is 0. The van der Waals surface area contributed by atoms with E-state index in [0.717, 1.165) is 17.9 Å². The molecule has 1 aromatic carbocycles. The lowest BCUT2D eigenvalue weighted by atomic mass is 10.1. The Hall–Kier alpha value is -1.46. The van der Waals surface area contributed by atoms with Crippen LogP contribution in [0.2, 0.25) is 0 Å². The van der Waals surface area contributed by atoms with E-state index in [1.54, 1.807) is 0 Å². The highest BCUT2D eigenvalue weighted by Gasteiger charge is 2.05. The van der Waals surface area contributed by atoms with E-state index in [2.05, 4.69) is 31.2 Å². The molecule has 0 aromatic heterocycles. The minimum Gasteiger partial charge on any atom is -0.481 e. The molecule has 0 fully saturated rings. The van der Waals surface area contributed by atoms with E-state index in [0.29, 0.717) is 12.6 Å². The van der Waals surface area contributed by atoms with E-state index in [1.807, 2.05) is 18.2 Å². The molecular weight excluding hydrogens is 222 g/mol. The number of terminal acetylenes is 1. The second-order valence-corrected chi connectivity index (χ2v) is 4.52. The molecule has 1 atom stereocenters. The normalized spacial score (nSPS) is 11.8. The topological polar surface area (TPSA) is 21.3 Å². The number of hydrogen-bond acceptors (Lipinski definition) is 2. The van der Waals surface area contributed by atoms with Gasteiger partial charge in [0.1, 0.15) is 12.4 Å². The minimum atomic E-state index is 0.322. The van der Waals surface area contributed by atoms with Gasteiger partial charge in [-0.25, -0.2) is 0 Å². The van der Waals surface area contributed by atoms with Gasteiger partial charge in [0.2, 0.25) is 0 Å². The van der Waals surface area contributed by atoms with E-state index in [1.165, 1.54) is 19.3 Å². The lowest BCUT2D eigenvalue weighted by Crippen LogP contribution is -2.25. The molecule has 1 unspecified atom stereocenters. The Bertz CT molecular complexity index is 381. The molecular formula is C16H23NO. The minimum absolute atomic E-state index is 0.322. The van der Waals surface area contributed by atoms with Crippen molar-refractivity contribution >= 4 is 0 Å². The molecule has 0 saturated heterocycles. The van der Waals surface area contributed by atoms with Crippen molar-refractivity contribution in [3.63, 3.8) is 0 Å². The first-order valence-electron chi connectivity index (χ1n) is 6.65. The molecule has 2 nitrogen and oxygen atoms in total. The van der Waals surface area contributed by atoms with Crippen LogP contribution >= 0.6 is 0 Å². The van der Waals surface area contributed by atoms with Gasteiger partial charge in [0.15, 0.2) is 0 Å². The van der Waals surface area contributed by atoms with Gasteiger partial charge in [-0.1, -0.05) is 43.9 Å². The fourth-order valence-corrected chi connectivity index (χ4v) is 1.81. The van der Waals surface area contributed by atoms with Gasteiger partial charge >= 0.3 is 0 Å². The molecule has 1 rings (SSSR count). The first-order valence-corrected chi connectivity index (χ1v) is 6.65. The zero-order valence-corrected chi connectivity index (χ0v) is 11.4. The lowest BCUT2D eigenvalue weighted by molar-refractivity contribution is 0.363. The van der Waals surface area contributed by atoms with Crippen molar-refractivity contribution in [2.75, 3.05) is 6.61 Å². The van der Waals surface area contributed by atoms with Crippen LogP contribution in [0.5, 0.6) is 5.75 Å². The molecule has 2 heteroatoms. The van der Waals surface area contributed by atoms with Gasteiger partial charge in [0.05, 0.1) is 0 Å². The average molecular weight is 245 g/mol. The summed E-state index contributed by atoms with van der Waals surface area (Å²) in [5, 5.41) is 3.52. The van der Waals surface area contributed by atoms with Crippen molar-refractivity contribution in [2.24, 2.45) is 0 Å². The first kappa shape index (κ1) is 14.6. The Balaban J connectivity index is 2.48. The number of para-hydroxylation sites is 1. The predicted octanol–water partition coefficient (Wildman–Crippen LogP) is 3.37. The number of hydrogen-bond donors (Lipinski definition) is 1. The standard InChI is InChI=1S/C16H23NO/c1-4-6-9-14(3)17-13-15-10-7-8-11-16(15)18-12-5-2/h2,7-8,10-11,14,17H,4,6,9,12-13H2,1,3H3. The Morgan fingerprint density at radius 2 is 2.17 bits per heavy atom. The van der Waals surface area contributed by atoms with Gasteiger partial charge in [-0.15, -0.1) is 6.42 Å². The van der Waals surface area contributed by atoms with Gasteiger partial charge in [-0.05, 0) is 19.4 Å². The van der Waals surface area contributed by atoms with Crippen LogP contribution in [0.4, 0.5) is 0 Å². The third-order valence-corrected chi connectivity index (χ3v) is 2.92. The maximum absolute atomic E-state index is 5.52. The molecule has 1 N–H and O–H groups in total. The number of benzene rings is 1. The van der Waals surface area contributed by atoms with Crippen molar-refractivity contribution in [3.05, 3.63) is 29.8 Å². The number of rotatable bonds is 8. The molecule has 98 valence electrons. The van der Waals surface area contributed by atoms with E-state index < -0.39 is 0 Å². The van der Waals surface area contributed by atoms with Crippen molar-refractivity contribution in [1.29, 1.82) is 0 Å². The molecule has 0 bridgehead atoms. The van der Waals surface area contributed by atoms with Crippen molar-refractivity contribution in [1.82, 2.24) is 5.32 Å². The van der Waals surface area contributed by atoms with Crippen LogP contribution in [0.25, 0.3) is 0 Å². The van der Waals surface area contributed by atoms with E-state index >= 15 is 0 Å². The molecule has 0 saturated carbocycles. The monoisotopic (exact) mass is 245 g/mol. The summed E-state index contributed by atoms with van der Waals surface area (Å²) in [6.45, 7) is 5.59. The summed E-state index contributed by atoms with van der Waals surface area (Å²) < 4.78 is 5.52. The smallest absolute Gasteiger partial charge is 0.148 e. The van der Waals surface area contributed by atoms with Gasteiger partial charge in [0.25, 0.3) is 0 Å². The molecule has 1 aromatic rings. The Morgan fingerprint density at radius 3 is 2.89 bits per heavy atom. The fraction of sp³-hybridized carbons (Fsp3) is 0.500. The first-order chi connectivity index (χ1) is 8.77. The average Bonchev–Trinajstić information content (AvgIpc) is 2.41. The molecule has 0 aliphatic heterocycles. The van der Waals surface area contributed by atoms with Crippen molar-refractivity contribution < 1.29 is 4.74 Å². The fourth-order valence-electron chi connectivity index (χ4n) is 1.81. The van der Waals surface area contributed by atoms with Crippen LogP contribution in [-0.2, 0) is 6.54 Å². The van der Waals surface area contributed by atoms with Crippen molar-refractivity contribution in [3.8, 4) is 18.1 Å². The van der Waals surface area contributed by atoms with E-state index in [4.69, 9.17) is 11.2 Å². The van der Waals surface area contributed by atoms with Crippen molar-refractivity contribution in [2.45, 2.75) is 45.7 Å². The SMILES string of the molecule is C#CCOc1ccccc1CNC(C)CCCC. The summed E-state index contributed by atoms with van der Waals surface area (Å²) in [6.07, 6.45) is 8.94. The summed E-state index contributed by atoms with van der Waals surface area (Å²) in [5.41, 5.74) is 1.16. The van der Waals surface area contributed by atoms with Crippen LogP contribution < -0.4 is 10.1 Å². The van der Waals surface area contributed by atoms with Crippen LogP contribution in [0, 0.1) is 12.3 Å². The van der Waals surface area contributed by atoms with E-state index in [-0.39, 0.29) is 0 Å². The summed E-state index contributed by atoms with van der Waals surface area (Å²) in [5.74, 6) is 3.37. The zero-order chi connectivity index (χ0) is 13.2. The van der Waals surface area contributed by atoms with Crippen LogP contribution in [0.15, 0.2) is 24.3 Å². The second kappa shape index (κ2) is 8.60. The lowest BCUT2D eigenvalue weighted by Gasteiger charge is -2.15.